The van der Waals surface area contributed by atoms with Crippen molar-refractivity contribution in [3.63, 3.8) is 0 Å². The van der Waals surface area contributed by atoms with Crippen LogP contribution in [0.3, 0.4) is 0 Å². The highest BCUT2D eigenvalue weighted by atomic mass is 16.6. The van der Waals surface area contributed by atoms with Crippen LogP contribution < -0.4 is 10.6 Å². The quantitative estimate of drug-likeness (QED) is 0.649. The van der Waals surface area contributed by atoms with Crippen molar-refractivity contribution in [2.45, 2.75) is 57.6 Å². The summed E-state index contributed by atoms with van der Waals surface area (Å²) >= 11 is 0. The lowest BCUT2D eigenvalue weighted by Gasteiger charge is -2.25. The molecule has 1 aliphatic rings. The number of ether oxygens (including phenoxy) is 1. The van der Waals surface area contributed by atoms with Crippen LogP contribution in [-0.2, 0) is 4.74 Å². The van der Waals surface area contributed by atoms with Crippen LogP contribution in [0, 0.1) is 5.41 Å². The van der Waals surface area contributed by atoms with E-state index in [9.17, 15) is 4.79 Å². The lowest BCUT2D eigenvalue weighted by molar-refractivity contribution is 0.0704. The van der Waals surface area contributed by atoms with Gasteiger partial charge in [0.25, 0.3) is 0 Å². The zero-order valence-corrected chi connectivity index (χ0v) is 16.5. The van der Waals surface area contributed by atoms with E-state index in [2.05, 4.69) is 34.6 Å². The maximum Gasteiger partial charge on any atom is 0.407 e. The molecule has 8 nitrogen and oxygen atoms in total. The molecule has 1 fully saturated rings. The Kier molecular flexibility index (Phi) is 6.28. The van der Waals surface area contributed by atoms with Crippen LogP contribution in [0.1, 0.15) is 56.9 Å². The molecule has 1 aromatic carbocycles. The fourth-order valence-electron chi connectivity index (χ4n) is 3.41. The maximum atomic E-state index is 11.3. The van der Waals surface area contributed by atoms with E-state index in [1.165, 1.54) is 6.21 Å². The van der Waals surface area contributed by atoms with Crippen molar-refractivity contribution >= 4 is 18.0 Å². The van der Waals surface area contributed by atoms with E-state index in [0.29, 0.717) is 11.7 Å². The van der Waals surface area contributed by atoms with Gasteiger partial charge in [0.2, 0.25) is 11.7 Å². The van der Waals surface area contributed by atoms with Crippen LogP contribution in [0.4, 0.5) is 10.5 Å². The summed E-state index contributed by atoms with van der Waals surface area (Å²) in [5.41, 5.74) is 2.54. The van der Waals surface area contributed by atoms with Crippen molar-refractivity contribution in [1.82, 2.24) is 15.5 Å². The van der Waals surface area contributed by atoms with Gasteiger partial charge in [-0.3, -0.25) is 0 Å². The largest absolute Gasteiger partial charge is 0.446 e. The van der Waals surface area contributed by atoms with Crippen molar-refractivity contribution in [2.75, 3.05) is 12.4 Å². The topological polar surface area (TPSA) is 113 Å². The zero-order chi connectivity index (χ0) is 20.1. The van der Waals surface area contributed by atoms with E-state index < -0.39 is 0 Å². The molecule has 1 heterocycles. The first-order valence-corrected chi connectivity index (χ1v) is 9.63. The summed E-state index contributed by atoms with van der Waals surface area (Å²) < 4.78 is 10.9. The molecular weight excluding hydrogens is 358 g/mol. The van der Waals surface area contributed by atoms with Gasteiger partial charge in [0.1, 0.15) is 6.10 Å². The maximum absolute atomic E-state index is 11.3. The fraction of sp³-hybridized carbons (Fsp3) is 0.500. The van der Waals surface area contributed by atoms with Crippen LogP contribution in [0.5, 0.6) is 0 Å². The van der Waals surface area contributed by atoms with Crippen molar-refractivity contribution in [2.24, 2.45) is 0 Å². The van der Waals surface area contributed by atoms with Crippen LogP contribution >= 0.6 is 0 Å². The first-order chi connectivity index (χ1) is 13.5. The second-order valence-corrected chi connectivity index (χ2v) is 7.33. The number of nitrogens with one attached hydrogen (secondary N) is 3. The predicted octanol–water partition coefficient (Wildman–Crippen LogP) is 3.94. The number of anilines is 1. The molecule has 8 heteroatoms. The van der Waals surface area contributed by atoms with Crippen LogP contribution in [0.15, 0.2) is 22.7 Å². The first kappa shape index (κ1) is 19.9. The second kappa shape index (κ2) is 8.86. The van der Waals surface area contributed by atoms with E-state index in [-0.39, 0.29) is 24.2 Å². The molecule has 1 amide bonds. The predicted molar refractivity (Wildman–Crippen MR) is 107 cm³/mol. The van der Waals surface area contributed by atoms with Gasteiger partial charge in [-0.2, -0.15) is 4.98 Å². The Hall–Kier alpha value is -2.90. The second-order valence-electron chi connectivity index (χ2n) is 7.33. The van der Waals surface area contributed by atoms with Crippen molar-refractivity contribution in [1.29, 1.82) is 5.41 Å². The van der Waals surface area contributed by atoms with Crippen LogP contribution in [0.25, 0.3) is 11.4 Å². The third-order valence-corrected chi connectivity index (χ3v) is 4.85. The molecule has 0 radical (unpaired) electrons. The molecule has 1 aliphatic carbocycles. The smallest absolute Gasteiger partial charge is 0.407 e. The summed E-state index contributed by atoms with van der Waals surface area (Å²) in [6.45, 7) is 4.11. The van der Waals surface area contributed by atoms with Gasteiger partial charge in [-0.05, 0) is 45.6 Å². The molecule has 3 N–H and O–H groups in total. The van der Waals surface area contributed by atoms with Gasteiger partial charge in [-0.1, -0.05) is 17.3 Å². The SMILES string of the molecule is CNC(=O)OC1CCC(c2nc(-c3ccc(C=N)c(NC(C)C)c3)no2)CC1. The van der Waals surface area contributed by atoms with Crippen molar-refractivity contribution in [3.8, 4) is 11.4 Å². The Labute approximate surface area is 164 Å². The number of carbonyl (C=O) groups is 1. The molecule has 0 saturated heterocycles. The number of aromatic nitrogens is 2. The Morgan fingerprint density at radius 3 is 2.71 bits per heavy atom. The number of carbonyl (C=O) groups excluding carboxylic acids is 1. The standard InChI is InChI=1S/C20H27N5O3/c1-12(2)23-17-10-14(4-5-15(17)11-21)18-24-19(28-25-18)13-6-8-16(9-7-13)27-20(26)22-3/h4-5,10-13,16,21,23H,6-9H2,1-3H3,(H,22,26). The van der Waals surface area contributed by atoms with Gasteiger partial charge in [0.15, 0.2) is 0 Å². The monoisotopic (exact) mass is 385 g/mol. The molecule has 1 aromatic heterocycles. The molecule has 0 atom stereocenters. The molecule has 0 aliphatic heterocycles. The zero-order valence-electron chi connectivity index (χ0n) is 16.5. The molecule has 28 heavy (non-hydrogen) atoms. The van der Waals surface area contributed by atoms with Gasteiger partial charge in [0, 0.05) is 42.0 Å². The van der Waals surface area contributed by atoms with E-state index in [1.54, 1.807) is 7.05 Å². The Morgan fingerprint density at radius 2 is 2.07 bits per heavy atom. The molecule has 2 aromatic rings. The lowest BCUT2D eigenvalue weighted by atomic mass is 9.87. The Bertz CT molecular complexity index is 825. The summed E-state index contributed by atoms with van der Waals surface area (Å²) in [4.78, 5) is 15.9. The highest BCUT2D eigenvalue weighted by Crippen LogP contribution is 2.34. The summed E-state index contributed by atoms with van der Waals surface area (Å²) in [6.07, 6.45) is 4.14. The van der Waals surface area contributed by atoms with Gasteiger partial charge in [0.05, 0.1) is 0 Å². The summed E-state index contributed by atoms with van der Waals surface area (Å²) in [5.74, 6) is 1.35. The number of nitrogens with zero attached hydrogens (tertiary/aromatic N) is 2. The van der Waals surface area contributed by atoms with Gasteiger partial charge < -0.3 is 25.3 Å². The number of amides is 1. The normalized spacial score (nSPS) is 19.3. The number of hydrogen-bond acceptors (Lipinski definition) is 7. The summed E-state index contributed by atoms with van der Waals surface area (Å²) in [6, 6.07) is 5.98. The third-order valence-electron chi connectivity index (χ3n) is 4.85. The molecule has 3 rings (SSSR count). The number of hydrogen-bond donors (Lipinski definition) is 3. The summed E-state index contributed by atoms with van der Waals surface area (Å²) in [7, 11) is 1.56. The number of alkyl carbamates (subject to hydrolysis) is 1. The molecule has 0 spiro atoms. The Morgan fingerprint density at radius 1 is 1.32 bits per heavy atom. The van der Waals surface area contributed by atoms with Crippen molar-refractivity contribution < 1.29 is 14.1 Å². The van der Waals surface area contributed by atoms with Crippen LogP contribution in [-0.4, -0.2) is 41.6 Å². The molecule has 1 saturated carbocycles. The van der Waals surface area contributed by atoms with E-state index in [0.717, 1.165) is 42.5 Å². The highest BCUT2D eigenvalue weighted by Gasteiger charge is 2.28. The van der Waals surface area contributed by atoms with Crippen LogP contribution in [0.2, 0.25) is 0 Å². The first-order valence-electron chi connectivity index (χ1n) is 9.63. The number of benzene rings is 1. The van der Waals surface area contributed by atoms with E-state index >= 15 is 0 Å². The fourth-order valence-corrected chi connectivity index (χ4v) is 3.41. The average molecular weight is 385 g/mol. The Balaban J connectivity index is 1.69. The molecule has 150 valence electrons. The molecule has 0 unspecified atom stereocenters. The minimum absolute atomic E-state index is 0.0584. The van der Waals surface area contributed by atoms with Crippen molar-refractivity contribution in [3.05, 3.63) is 29.7 Å². The third kappa shape index (κ3) is 4.68. The lowest BCUT2D eigenvalue weighted by Crippen LogP contribution is -2.28. The molecule has 0 bridgehead atoms. The van der Waals surface area contributed by atoms with Gasteiger partial charge in [-0.25, -0.2) is 4.79 Å². The summed E-state index contributed by atoms with van der Waals surface area (Å²) in [5, 5.41) is 17.5. The van der Waals surface area contributed by atoms with E-state index in [1.807, 2.05) is 18.2 Å². The minimum Gasteiger partial charge on any atom is -0.446 e. The van der Waals surface area contributed by atoms with E-state index in [4.69, 9.17) is 14.7 Å². The molecular formula is C20H27N5O3. The minimum atomic E-state index is -0.386. The highest BCUT2D eigenvalue weighted by molar-refractivity contribution is 5.87. The number of rotatable bonds is 6. The average Bonchev–Trinajstić information content (AvgIpc) is 3.18. The van der Waals surface area contributed by atoms with Gasteiger partial charge >= 0.3 is 6.09 Å². The van der Waals surface area contributed by atoms with Gasteiger partial charge in [-0.15, -0.1) is 0 Å².